The van der Waals surface area contributed by atoms with Crippen LogP contribution in [0.25, 0.3) is 0 Å². The molecule has 1 atom stereocenters. The highest BCUT2D eigenvalue weighted by atomic mass is 35.5. The lowest BCUT2D eigenvalue weighted by atomic mass is 10.1. The molecule has 0 aliphatic carbocycles. The number of nitro groups is 1. The van der Waals surface area contributed by atoms with E-state index in [-0.39, 0.29) is 22.6 Å². The van der Waals surface area contributed by atoms with Gasteiger partial charge in [-0.1, -0.05) is 11.6 Å². The lowest BCUT2D eigenvalue weighted by molar-refractivity contribution is -0.384. The number of anilines is 1. The van der Waals surface area contributed by atoms with Crippen molar-refractivity contribution in [3.63, 3.8) is 0 Å². The fraction of sp³-hybridized carbons (Fsp3) is 0.250. The van der Waals surface area contributed by atoms with Crippen molar-refractivity contribution in [3.8, 4) is 0 Å². The smallest absolute Gasteiger partial charge is 0.312 e. The Morgan fingerprint density at radius 1 is 1.63 bits per heavy atom. The van der Waals surface area contributed by atoms with E-state index < -0.39 is 4.92 Å². The summed E-state index contributed by atoms with van der Waals surface area (Å²) in [6.07, 6.45) is 2.18. The summed E-state index contributed by atoms with van der Waals surface area (Å²) in [6, 6.07) is 3.38. The quantitative estimate of drug-likeness (QED) is 0.674. The van der Waals surface area contributed by atoms with Crippen LogP contribution >= 0.6 is 22.9 Å². The molecule has 2 aromatic rings. The van der Waals surface area contributed by atoms with Gasteiger partial charge in [0, 0.05) is 18.3 Å². The Hall–Kier alpha value is -1.66. The van der Waals surface area contributed by atoms with Gasteiger partial charge in [0.2, 0.25) is 5.82 Å². The van der Waals surface area contributed by atoms with Crippen molar-refractivity contribution in [3.05, 3.63) is 49.8 Å². The Bertz CT molecular complexity index is 574. The van der Waals surface area contributed by atoms with Crippen LogP contribution in [0.3, 0.4) is 0 Å². The molecule has 1 N–H and O–H groups in total. The number of pyridine rings is 1. The van der Waals surface area contributed by atoms with E-state index in [0.29, 0.717) is 0 Å². The van der Waals surface area contributed by atoms with E-state index in [2.05, 4.69) is 15.7 Å². The van der Waals surface area contributed by atoms with Crippen molar-refractivity contribution in [1.29, 1.82) is 0 Å². The molecule has 2 rings (SSSR count). The zero-order valence-electron chi connectivity index (χ0n) is 10.2. The Morgan fingerprint density at radius 3 is 3.05 bits per heavy atom. The van der Waals surface area contributed by atoms with E-state index in [9.17, 15) is 10.1 Å². The van der Waals surface area contributed by atoms with Crippen LogP contribution in [-0.4, -0.2) is 15.9 Å². The molecule has 1 unspecified atom stereocenters. The van der Waals surface area contributed by atoms with Gasteiger partial charge < -0.3 is 5.32 Å². The van der Waals surface area contributed by atoms with Crippen LogP contribution in [0.15, 0.2) is 29.1 Å². The number of nitrogens with zero attached hydrogens (tertiary/aromatic N) is 2. The highest BCUT2D eigenvalue weighted by molar-refractivity contribution is 7.07. The maximum atomic E-state index is 10.9. The predicted octanol–water partition coefficient (Wildman–Crippen LogP) is 3.75. The number of nitrogens with one attached hydrogen (secondary N) is 1. The fourth-order valence-electron chi connectivity index (χ4n) is 1.73. The third-order valence-corrected chi connectivity index (χ3v) is 3.47. The predicted molar refractivity (Wildman–Crippen MR) is 77.0 cm³/mol. The van der Waals surface area contributed by atoms with Crippen molar-refractivity contribution in [2.24, 2.45) is 0 Å². The molecule has 100 valence electrons. The SMILES string of the molecule is CC(Cc1ccsc1)Nc1ncc(Cl)cc1[N+](=O)[O-]. The highest BCUT2D eigenvalue weighted by Crippen LogP contribution is 2.26. The topological polar surface area (TPSA) is 68.1 Å². The lowest BCUT2D eigenvalue weighted by Crippen LogP contribution is -2.19. The first-order chi connectivity index (χ1) is 9.06. The van der Waals surface area contributed by atoms with Gasteiger partial charge in [-0.05, 0) is 35.7 Å². The first kappa shape index (κ1) is 13.8. The second-order valence-electron chi connectivity index (χ2n) is 4.16. The van der Waals surface area contributed by atoms with Crippen LogP contribution in [0.1, 0.15) is 12.5 Å². The highest BCUT2D eigenvalue weighted by Gasteiger charge is 2.17. The minimum Gasteiger partial charge on any atom is -0.362 e. The molecule has 0 radical (unpaired) electrons. The summed E-state index contributed by atoms with van der Waals surface area (Å²) in [5.41, 5.74) is 1.09. The third kappa shape index (κ3) is 3.65. The zero-order chi connectivity index (χ0) is 13.8. The van der Waals surface area contributed by atoms with E-state index in [1.54, 1.807) is 11.3 Å². The van der Waals surface area contributed by atoms with Gasteiger partial charge in [0.25, 0.3) is 0 Å². The zero-order valence-corrected chi connectivity index (χ0v) is 11.7. The number of thiophene rings is 1. The summed E-state index contributed by atoms with van der Waals surface area (Å²) in [4.78, 5) is 14.4. The largest absolute Gasteiger partial charge is 0.362 e. The lowest BCUT2D eigenvalue weighted by Gasteiger charge is -2.13. The molecule has 0 aromatic carbocycles. The summed E-state index contributed by atoms with van der Waals surface area (Å²) in [6.45, 7) is 1.96. The minimum atomic E-state index is -0.488. The molecule has 0 saturated heterocycles. The van der Waals surface area contributed by atoms with Crippen LogP contribution in [0.5, 0.6) is 0 Å². The van der Waals surface area contributed by atoms with Crippen molar-refractivity contribution in [2.45, 2.75) is 19.4 Å². The Morgan fingerprint density at radius 2 is 2.42 bits per heavy atom. The molecule has 0 amide bonds. The summed E-state index contributed by atoms with van der Waals surface area (Å²) in [5.74, 6) is 0.247. The van der Waals surface area contributed by atoms with Crippen molar-refractivity contribution in [1.82, 2.24) is 4.98 Å². The van der Waals surface area contributed by atoms with Gasteiger partial charge in [-0.2, -0.15) is 11.3 Å². The van der Waals surface area contributed by atoms with Gasteiger partial charge in [-0.25, -0.2) is 4.98 Å². The summed E-state index contributed by atoms with van der Waals surface area (Å²) in [7, 11) is 0. The van der Waals surface area contributed by atoms with E-state index in [1.807, 2.05) is 18.4 Å². The van der Waals surface area contributed by atoms with E-state index >= 15 is 0 Å². The number of rotatable bonds is 5. The molecule has 19 heavy (non-hydrogen) atoms. The first-order valence-electron chi connectivity index (χ1n) is 5.64. The van der Waals surface area contributed by atoms with E-state index in [4.69, 9.17) is 11.6 Å². The van der Waals surface area contributed by atoms with Gasteiger partial charge in [0.05, 0.1) is 9.95 Å². The van der Waals surface area contributed by atoms with Gasteiger partial charge in [0.1, 0.15) is 0 Å². The second-order valence-corrected chi connectivity index (χ2v) is 5.38. The number of aromatic nitrogens is 1. The second kappa shape index (κ2) is 5.99. The normalized spacial score (nSPS) is 12.1. The van der Waals surface area contributed by atoms with E-state index in [1.165, 1.54) is 17.8 Å². The molecule has 7 heteroatoms. The van der Waals surface area contributed by atoms with E-state index in [0.717, 1.165) is 6.42 Å². The molecular formula is C12H12ClN3O2S. The first-order valence-corrected chi connectivity index (χ1v) is 6.96. The average Bonchev–Trinajstić information content (AvgIpc) is 2.83. The summed E-state index contributed by atoms with van der Waals surface area (Å²) in [5, 5.41) is 18.3. The fourth-order valence-corrected chi connectivity index (χ4v) is 2.56. The van der Waals surface area contributed by atoms with Crippen LogP contribution in [0, 0.1) is 10.1 Å². The molecule has 0 saturated carbocycles. The Balaban J connectivity index is 2.12. The number of hydrogen-bond donors (Lipinski definition) is 1. The standard InChI is InChI=1S/C12H12ClN3O2S/c1-8(4-9-2-3-19-7-9)15-12-11(16(17)18)5-10(13)6-14-12/h2-3,5-8H,4H2,1H3,(H,14,15). The van der Waals surface area contributed by atoms with Crippen LogP contribution in [0.2, 0.25) is 5.02 Å². The Labute approximate surface area is 119 Å². The van der Waals surface area contributed by atoms with Crippen molar-refractivity contribution in [2.75, 3.05) is 5.32 Å². The molecule has 0 aliphatic rings. The maximum Gasteiger partial charge on any atom is 0.312 e. The summed E-state index contributed by atoms with van der Waals surface area (Å²) < 4.78 is 0. The molecule has 0 spiro atoms. The van der Waals surface area contributed by atoms with Crippen molar-refractivity contribution < 1.29 is 4.92 Å². The number of halogens is 1. The van der Waals surface area contributed by atoms with Crippen LogP contribution in [-0.2, 0) is 6.42 Å². The van der Waals surface area contributed by atoms with Gasteiger partial charge in [-0.3, -0.25) is 10.1 Å². The van der Waals surface area contributed by atoms with Gasteiger partial charge in [-0.15, -0.1) is 0 Å². The molecular weight excluding hydrogens is 286 g/mol. The minimum absolute atomic E-state index is 0.0435. The van der Waals surface area contributed by atoms with Crippen LogP contribution < -0.4 is 5.32 Å². The van der Waals surface area contributed by atoms with Crippen molar-refractivity contribution >= 4 is 34.4 Å². The molecule has 2 heterocycles. The van der Waals surface area contributed by atoms with Crippen LogP contribution in [0.4, 0.5) is 11.5 Å². The summed E-state index contributed by atoms with van der Waals surface area (Å²) >= 11 is 7.35. The van der Waals surface area contributed by atoms with Gasteiger partial charge in [0.15, 0.2) is 0 Å². The molecule has 0 aliphatic heterocycles. The molecule has 0 fully saturated rings. The molecule has 5 nitrogen and oxygen atoms in total. The third-order valence-electron chi connectivity index (χ3n) is 2.54. The molecule has 0 bridgehead atoms. The Kier molecular flexibility index (Phi) is 4.34. The molecule has 2 aromatic heterocycles. The van der Waals surface area contributed by atoms with Gasteiger partial charge >= 0.3 is 5.69 Å². The average molecular weight is 298 g/mol. The number of hydrogen-bond acceptors (Lipinski definition) is 5. The monoisotopic (exact) mass is 297 g/mol. The maximum absolute atomic E-state index is 10.9.